The Bertz CT molecular complexity index is 618. The first-order valence-electron chi connectivity index (χ1n) is 9.75. The van der Waals surface area contributed by atoms with Gasteiger partial charge in [-0.05, 0) is 36.8 Å². The fourth-order valence-corrected chi connectivity index (χ4v) is 4.07. The lowest BCUT2D eigenvalue weighted by molar-refractivity contribution is -0.127. The Morgan fingerprint density at radius 3 is 2.48 bits per heavy atom. The average molecular weight is 342 g/mol. The van der Waals surface area contributed by atoms with E-state index >= 15 is 0 Å². The molecule has 3 rings (SSSR count). The maximum absolute atomic E-state index is 13.0. The molecular formula is C21H30N2O2. The van der Waals surface area contributed by atoms with Crippen LogP contribution in [0.3, 0.4) is 0 Å². The van der Waals surface area contributed by atoms with Gasteiger partial charge in [0.2, 0.25) is 5.91 Å². The molecule has 2 aliphatic rings. The van der Waals surface area contributed by atoms with Gasteiger partial charge in [0.15, 0.2) is 0 Å². The minimum atomic E-state index is -0.372. The number of benzene rings is 1. The van der Waals surface area contributed by atoms with Crippen LogP contribution in [0.2, 0.25) is 0 Å². The molecule has 0 bridgehead atoms. The van der Waals surface area contributed by atoms with E-state index in [-0.39, 0.29) is 23.9 Å². The molecule has 1 N–H and O–H groups in total. The predicted molar refractivity (Wildman–Crippen MR) is 99.2 cm³/mol. The third-order valence-corrected chi connectivity index (χ3v) is 5.42. The van der Waals surface area contributed by atoms with Gasteiger partial charge in [-0.2, -0.15) is 0 Å². The minimum absolute atomic E-state index is 0.00253. The predicted octanol–water partition coefficient (Wildman–Crippen LogP) is 3.90. The zero-order valence-electron chi connectivity index (χ0n) is 15.5. The second-order valence-corrected chi connectivity index (χ2v) is 7.93. The van der Waals surface area contributed by atoms with Gasteiger partial charge in [-0.15, -0.1) is 0 Å². The van der Waals surface area contributed by atoms with E-state index in [1.165, 1.54) is 25.7 Å². The number of hydrogen-bond acceptors (Lipinski definition) is 2. The zero-order chi connectivity index (χ0) is 17.8. The Hall–Kier alpha value is -1.84. The topological polar surface area (TPSA) is 49.4 Å². The Labute approximate surface area is 151 Å². The molecule has 1 aromatic carbocycles. The van der Waals surface area contributed by atoms with Crippen LogP contribution in [-0.4, -0.2) is 28.8 Å². The number of carbonyl (C=O) groups is 2. The molecule has 0 spiro atoms. The molecule has 0 saturated heterocycles. The Kier molecular flexibility index (Phi) is 5.77. The Balaban J connectivity index is 1.73. The standard InChI is InChI=1S/C21H30N2O2/c1-15(2)13-19(20(24)22-17-10-5-3-4-6-11-17)23-14-16-9-7-8-12-18(16)21(23)25/h7-9,12,15,17,19H,3-6,10-11,13-14H2,1-2H3,(H,22,24)/t19-/m1/s1. The summed E-state index contributed by atoms with van der Waals surface area (Å²) in [4.78, 5) is 27.6. The molecule has 136 valence electrons. The van der Waals surface area contributed by atoms with Gasteiger partial charge in [0.1, 0.15) is 6.04 Å². The fourth-order valence-electron chi connectivity index (χ4n) is 4.07. The van der Waals surface area contributed by atoms with Crippen LogP contribution in [0.15, 0.2) is 24.3 Å². The van der Waals surface area contributed by atoms with Gasteiger partial charge in [0, 0.05) is 18.2 Å². The van der Waals surface area contributed by atoms with Gasteiger partial charge in [-0.1, -0.05) is 57.7 Å². The lowest BCUT2D eigenvalue weighted by Gasteiger charge is -2.30. The second-order valence-electron chi connectivity index (χ2n) is 7.93. The van der Waals surface area contributed by atoms with Gasteiger partial charge < -0.3 is 10.2 Å². The highest BCUT2D eigenvalue weighted by Gasteiger charge is 2.37. The highest BCUT2D eigenvalue weighted by molar-refractivity contribution is 6.01. The molecule has 0 unspecified atom stereocenters. The van der Waals surface area contributed by atoms with Crippen molar-refractivity contribution < 1.29 is 9.59 Å². The smallest absolute Gasteiger partial charge is 0.255 e. The van der Waals surface area contributed by atoms with E-state index in [2.05, 4.69) is 19.2 Å². The number of rotatable bonds is 5. The largest absolute Gasteiger partial charge is 0.352 e. The van der Waals surface area contributed by atoms with Crippen molar-refractivity contribution >= 4 is 11.8 Å². The first kappa shape index (κ1) is 18.0. The lowest BCUT2D eigenvalue weighted by atomic mass is 10.0. The summed E-state index contributed by atoms with van der Waals surface area (Å²) in [5.74, 6) is 0.389. The van der Waals surface area contributed by atoms with Crippen LogP contribution in [0.25, 0.3) is 0 Å². The molecule has 1 aromatic rings. The molecule has 1 atom stereocenters. The summed E-state index contributed by atoms with van der Waals surface area (Å²) in [5.41, 5.74) is 1.78. The van der Waals surface area contributed by atoms with Crippen LogP contribution >= 0.6 is 0 Å². The third-order valence-electron chi connectivity index (χ3n) is 5.42. The van der Waals surface area contributed by atoms with Crippen molar-refractivity contribution in [1.82, 2.24) is 10.2 Å². The highest BCUT2D eigenvalue weighted by atomic mass is 16.2. The maximum atomic E-state index is 13.0. The Morgan fingerprint density at radius 2 is 1.84 bits per heavy atom. The van der Waals surface area contributed by atoms with E-state index in [9.17, 15) is 9.59 Å². The minimum Gasteiger partial charge on any atom is -0.352 e. The van der Waals surface area contributed by atoms with Crippen LogP contribution < -0.4 is 5.32 Å². The molecule has 4 heteroatoms. The fraction of sp³-hybridized carbons (Fsp3) is 0.619. The van der Waals surface area contributed by atoms with Gasteiger partial charge in [0.25, 0.3) is 5.91 Å². The van der Waals surface area contributed by atoms with Crippen molar-refractivity contribution in [3.8, 4) is 0 Å². The van der Waals surface area contributed by atoms with Crippen molar-refractivity contribution in [2.75, 3.05) is 0 Å². The monoisotopic (exact) mass is 342 g/mol. The molecule has 0 radical (unpaired) electrons. The third kappa shape index (κ3) is 4.23. The van der Waals surface area contributed by atoms with E-state index in [4.69, 9.17) is 0 Å². The van der Waals surface area contributed by atoms with Gasteiger partial charge in [-0.3, -0.25) is 9.59 Å². The first-order chi connectivity index (χ1) is 12.1. The Morgan fingerprint density at radius 1 is 1.16 bits per heavy atom. The van der Waals surface area contributed by atoms with Gasteiger partial charge in [0.05, 0.1) is 0 Å². The number of nitrogens with zero attached hydrogens (tertiary/aromatic N) is 1. The normalized spacial score (nSPS) is 19.6. The summed E-state index contributed by atoms with van der Waals surface area (Å²) < 4.78 is 0. The first-order valence-corrected chi connectivity index (χ1v) is 9.75. The summed E-state index contributed by atoms with van der Waals surface area (Å²) in [6.07, 6.45) is 7.74. The van der Waals surface area contributed by atoms with Crippen molar-refractivity contribution in [1.29, 1.82) is 0 Å². The van der Waals surface area contributed by atoms with Crippen molar-refractivity contribution in [2.24, 2.45) is 5.92 Å². The molecule has 1 saturated carbocycles. The molecule has 1 aliphatic heterocycles. The van der Waals surface area contributed by atoms with Crippen molar-refractivity contribution in [3.05, 3.63) is 35.4 Å². The zero-order valence-corrected chi connectivity index (χ0v) is 15.5. The summed E-state index contributed by atoms with van der Waals surface area (Å²) in [6.45, 7) is 4.77. The molecule has 1 heterocycles. The molecule has 4 nitrogen and oxygen atoms in total. The molecule has 0 aromatic heterocycles. The van der Waals surface area contributed by atoms with Crippen LogP contribution in [0.5, 0.6) is 0 Å². The molecule has 1 aliphatic carbocycles. The molecule has 1 fully saturated rings. The van der Waals surface area contributed by atoms with Gasteiger partial charge in [-0.25, -0.2) is 0 Å². The van der Waals surface area contributed by atoms with Gasteiger partial charge >= 0.3 is 0 Å². The molecule has 25 heavy (non-hydrogen) atoms. The summed E-state index contributed by atoms with van der Waals surface area (Å²) >= 11 is 0. The SMILES string of the molecule is CC(C)C[C@H](C(=O)NC1CCCCCC1)N1Cc2ccccc2C1=O. The number of amides is 2. The van der Waals surface area contributed by atoms with Crippen LogP contribution in [0.4, 0.5) is 0 Å². The van der Waals surface area contributed by atoms with E-state index in [0.29, 0.717) is 18.9 Å². The average Bonchev–Trinajstić information content (AvgIpc) is 2.75. The highest BCUT2D eigenvalue weighted by Crippen LogP contribution is 2.27. The maximum Gasteiger partial charge on any atom is 0.255 e. The quantitative estimate of drug-likeness (QED) is 0.825. The number of carbonyl (C=O) groups excluding carboxylic acids is 2. The number of fused-ring (bicyclic) bond motifs is 1. The molecule has 2 amide bonds. The van der Waals surface area contributed by atoms with Crippen LogP contribution in [-0.2, 0) is 11.3 Å². The van der Waals surface area contributed by atoms with E-state index in [1.807, 2.05) is 24.3 Å². The van der Waals surface area contributed by atoms with Crippen LogP contribution in [0.1, 0.15) is 74.7 Å². The lowest BCUT2D eigenvalue weighted by Crippen LogP contribution is -2.50. The van der Waals surface area contributed by atoms with Crippen molar-refractivity contribution in [2.45, 2.75) is 77.4 Å². The van der Waals surface area contributed by atoms with E-state index in [0.717, 1.165) is 24.0 Å². The van der Waals surface area contributed by atoms with Crippen LogP contribution in [0, 0.1) is 5.92 Å². The summed E-state index contributed by atoms with van der Waals surface area (Å²) in [6, 6.07) is 7.60. The summed E-state index contributed by atoms with van der Waals surface area (Å²) in [7, 11) is 0. The summed E-state index contributed by atoms with van der Waals surface area (Å²) in [5, 5.41) is 3.26. The second kappa shape index (κ2) is 8.03. The van der Waals surface area contributed by atoms with E-state index < -0.39 is 0 Å². The van der Waals surface area contributed by atoms with E-state index in [1.54, 1.807) is 4.90 Å². The van der Waals surface area contributed by atoms with Crippen molar-refractivity contribution in [3.63, 3.8) is 0 Å². The number of hydrogen-bond donors (Lipinski definition) is 1. The molecular weight excluding hydrogens is 312 g/mol. The number of nitrogens with one attached hydrogen (secondary N) is 1.